The van der Waals surface area contributed by atoms with E-state index in [2.05, 4.69) is 9.72 Å². The van der Waals surface area contributed by atoms with Gasteiger partial charge in [-0.3, -0.25) is 4.79 Å². The maximum absolute atomic E-state index is 11.5. The van der Waals surface area contributed by atoms with Gasteiger partial charge in [-0.15, -0.1) is 11.3 Å². The first-order valence-electron chi connectivity index (χ1n) is 6.36. The number of sulfone groups is 1. The summed E-state index contributed by atoms with van der Waals surface area (Å²) in [5, 5.41) is 2.70. The van der Waals surface area contributed by atoms with Gasteiger partial charge in [-0.05, 0) is 6.42 Å². The number of anilines is 1. The van der Waals surface area contributed by atoms with E-state index >= 15 is 0 Å². The van der Waals surface area contributed by atoms with Gasteiger partial charge in [-0.25, -0.2) is 13.4 Å². The van der Waals surface area contributed by atoms with Crippen LogP contribution in [-0.4, -0.2) is 51.1 Å². The molecule has 0 aliphatic carbocycles. The molecule has 2 rings (SSSR count). The average molecular weight is 318 g/mol. The molecule has 1 aromatic rings. The minimum absolute atomic E-state index is 0.000364. The lowest BCUT2D eigenvalue weighted by atomic mass is 10.2. The topological polar surface area (TPSA) is 76.6 Å². The number of hydrogen-bond donors (Lipinski definition) is 0. The van der Waals surface area contributed by atoms with Crippen LogP contribution >= 0.6 is 11.3 Å². The lowest BCUT2D eigenvalue weighted by Crippen LogP contribution is -2.32. The van der Waals surface area contributed by atoms with Crippen molar-refractivity contribution in [3.05, 3.63) is 11.1 Å². The fraction of sp³-hybridized carbons (Fsp3) is 0.667. The van der Waals surface area contributed by atoms with Crippen molar-refractivity contribution in [3.8, 4) is 0 Å². The molecule has 0 aromatic carbocycles. The minimum atomic E-state index is -2.89. The number of carbonyl (C=O) groups is 1. The Labute approximate surface area is 122 Å². The molecular weight excluding hydrogens is 300 g/mol. The zero-order valence-electron chi connectivity index (χ0n) is 11.5. The molecule has 1 unspecified atom stereocenters. The first-order chi connectivity index (χ1) is 9.41. The Morgan fingerprint density at radius 3 is 2.95 bits per heavy atom. The Bertz CT molecular complexity index is 582. The number of rotatable bonds is 5. The largest absolute Gasteiger partial charge is 0.469 e. The number of esters is 1. The lowest BCUT2D eigenvalue weighted by Gasteiger charge is -2.22. The summed E-state index contributed by atoms with van der Waals surface area (Å²) < 4.78 is 27.6. The summed E-state index contributed by atoms with van der Waals surface area (Å²) in [5.41, 5.74) is 0.836. The van der Waals surface area contributed by atoms with Gasteiger partial charge in [0.05, 0.1) is 30.7 Å². The second kappa shape index (κ2) is 6.09. The molecule has 112 valence electrons. The first kappa shape index (κ1) is 15.2. The van der Waals surface area contributed by atoms with E-state index < -0.39 is 9.84 Å². The smallest absolute Gasteiger partial charge is 0.305 e. The van der Waals surface area contributed by atoms with Crippen LogP contribution in [0.2, 0.25) is 0 Å². The van der Waals surface area contributed by atoms with Gasteiger partial charge < -0.3 is 9.64 Å². The van der Waals surface area contributed by atoms with Crippen molar-refractivity contribution in [1.82, 2.24) is 4.98 Å². The van der Waals surface area contributed by atoms with E-state index in [1.165, 1.54) is 18.4 Å². The number of nitrogens with zero attached hydrogens (tertiary/aromatic N) is 2. The van der Waals surface area contributed by atoms with E-state index in [0.29, 0.717) is 19.3 Å². The highest BCUT2D eigenvalue weighted by Gasteiger charge is 2.31. The van der Waals surface area contributed by atoms with Crippen LogP contribution < -0.4 is 4.90 Å². The summed E-state index contributed by atoms with van der Waals surface area (Å²) in [6.07, 6.45) is 1.50. The molecule has 1 aliphatic heterocycles. The molecule has 2 heterocycles. The van der Waals surface area contributed by atoms with Gasteiger partial charge in [0.2, 0.25) is 0 Å². The molecule has 1 atom stereocenters. The van der Waals surface area contributed by atoms with E-state index in [0.717, 1.165) is 10.8 Å². The summed E-state index contributed by atoms with van der Waals surface area (Å²) >= 11 is 1.47. The molecule has 1 aromatic heterocycles. The Hall–Kier alpha value is -1.15. The molecule has 20 heavy (non-hydrogen) atoms. The minimum Gasteiger partial charge on any atom is -0.469 e. The Kier molecular flexibility index (Phi) is 4.64. The molecule has 6 nitrogen and oxygen atoms in total. The fourth-order valence-electron chi connectivity index (χ4n) is 2.14. The molecule has 0 saturated carbocycles. The van der Waals surface area contributed by atoms with E-state index in [1.54, 1.807) is 0 Å². The number of carbonyl (C=O) groups excluding carboxylic acids is 1. The maximum Gasteiger partial charge on any atom is 0.305 e. The zero-order valence-corrected chi connectivity index (χ0v) is 13.2. The zero-order chi connectivity index (χ0) is 14.8. The van der Waals surface area contributed by atoms with Gasteiger partial charge in [0.15, 0.2) is 15.0 Å². The molecule has 0 amide bonds. The highest BCUT2D eigenvalue weighted by atomic mass is 32.2. The van der Waals surface area contributed by atoms with E-state index in [1.807, 2.05) is 17.3 Å². The van der Waals surface area contributed by atoms with Crippen LogP contribution in [0.4, 0.5) is 5.13 Å². The van der Waals surface area contributed by atoms with Crippen molar-refractivity contribution in [3.63, 3.8) is 0 Å². The number of aryl methyl sites for hydroxylation is 1. The van der Waals surface area contributed by atoms with Gasteiger partial charge >= 0.3 is 5.97 Å². The highest BCUT2D eigenvalue weighted by Crippen LogP contribution is 2.26. The van der Waals surface area contributed by atoms with Gasteiger partial charge in [-0.2, -0.15) is 0 Å². The Morgan fingerprint density at radius 2 is 2.35 bits per heavy atom. The molecule has 0 radical (unpaired) electrons. The van der Waals surface area contributed by atoms with Crippen molar-refractivity contribution in [2.75, 3.05) is 30.6 Å². The van der Waals surface area contributed by atoms with E-state index in [4.69, 9.17) is 0 Å². The third kappa shape index (κ3) is 3.69. The van der Waals surface area contributed by atoms with Crippen molar-refractivity contribution in [1.29, 1.82) is 0 Å². The first-order valence-corrected chi connectivity index (χ1v) is 9.06. The van der Waals surface area contributed by atoms with Crippen LogP contribution in [0, 0.1) is 0 Å². The van der Waals surface area contributed by atoms with E-state index in [9.17, 15) is 13.2 Å². The Balaban J connectivity index is 1.96. The normalized spacial score (nSPS) is 20.8. The van der Waals surface area contributed by atoms with Crippen LogP contribution in [0.5, 0.6) is 0 Å². The monoisotopic (exact) mass is 318 g/mol. The number of hydrogen-bond acceptors (Lipinski definition) is 7. The molecule has 8 heteroatoms. The van der Waals surface area contributed by atoms with Gasteiger partial charge in [0.1, 0.15) is 0 Å². The summed E-state index contributed by atoms with van der Waals surface area (Å²) in [7, 11) is 0.341. The van der Waals surface area contributed by atoms with Crippen LogP contribution in [0.25, 0.3) is 0 Å². The molecule has 0 spiro atoms. The lowest BCUT2D eigenvalue weighted by molar-refractivity contribution is -0.140. The second-order valence-corrected chi connectivity index (χ2v) is 7.93. The highest BCUT2D eigenvalue weighted by molar-refractivity contribution is 7.91. The number of methoxy groups -OCH3 is 1. The molecule has 1 saturated heterocycles. The SMILES string of the molecule is COC(=O)CCc1csc(N(C)C2CCS(=O)(=O)C2)n1. The quantitative estimate of drug-likeness (QED) is 0.750. The summed E-state index contributed by atoms with van der Waals surface area (Å²) in [6, 6.07) is -0.000364. The number of ether oxygens (including phenoxy) is 1. The van der Waals surface area contributed by atoms with Crippen molar-refractivity contribution >= 4 is 32.3 Å². The standard InChI is InChI=1S/C12H18N2O4S2/c1-14(10-5-6-20(16,17)8-10)12-13-9(7-19-12)3-4-11(15)18-2/h7,10H,3-6,8H2,1-2H3. The summed E-state index contributed by atoms with van der Waals surface area (Å²) in [4.78, 5) is 17.5. The summed E-state index contributed by atoms with van der Waals surface area (Å²) in [5.74, 6) is 0.193. The van der Waals surface area contributed by atoms with Gasteiger partial charge in [-0.1, -0.05) is 0 Å². The maximum atomic E-state index is 11.5. The predicted molar refractivity (Wildman–Crippen MR) is 77.9 cm³/mol. The molecule has 1 fully saturated rings. The van der Waals surface area contributed by atoms with E-state index in [-0.39, 0.29) is 23.5 Å². The molecule has 0 bridgehead atoms. The van der Waals surface area contributed by atoms with Crippen molar-refractivity contribution in [2.45, 2.75) is 25.3 Å². The summed E-state index contributed by atoms with van der Waals surface area (Å²) in [6.45, 7) is 0. The number of thiazole rings is 1. The van der Waals surface area contributed by atoms with Gasteiger partial charge in [0.25, 0.3) is 0 Å². The van der Waals surface area contributed by atoms with Crippen LogP contribution in [0.1, 0.15) is 18.5 Å². The second-order valence-electron chi connectivity index (χ2n) is 4.87. The predicted octanol–water partition coefficient (Wildman–Crippen LogP) is 0.872. The molecule has 0 N–H and O–H groups in total. The fourth-order valence-corrected chi connectivity index (χ4v) is 4.81. The van der Waals surface area contributed by atoms with Crippen LogP contribution in [-0.2, 0) is 25.8 Å². The van der Waals surface area contributed by atoms with Crippen molar-refractivity contribution in [2.24, 2.45) is 0 Å². The van der Waals surface area contributed by atoms with Crippen molar-refractivity contribution < 1.29 is 17.9 Å². The molecule has 1 aliphatic rings. The van der Waals surface area contributed by atoms with Crippen LogP contribution in [0.3, 0.4) is 0 Å². The van der Waals surface area contributed by atoms with Crippen LogP contribution in [0.15, 0.2) is 5.38 Å². The third-order valence-electron chi connectivity index (χ3n) is 3.41. The van der Waals surface area contributed by atoms with Gasteiger partial charge in [0, 0.05) is 24.9 Å². The molecular formula is C12H18N2O4S2. The number of aromatic nitrogens is 1. The Morgan fingerprint density at radius 1 is 1.60 bits per heavy atom. The average Bonchev–Trinajstić information content (AvgIpc) is 3.01. The third-order valence-corrected chi connectivity index (χ3v) is 6.14.